The summed E-state index contributed by atoms with van der Waals surface area (Å²) in [5.74, 6) is 0.817. The van der Waals surface area contributed by atoms with Crippen molar-refractivity contribution in [3.8, 4) is 0 Å². The van der Waals surface area contributed by atoms with Gasteiger partial charge in [0.25, 0.3) is 0 Å². The van der Waals surface area contributed by atoms with Crippen LogP contribution < -0.4 is 5.32 Å². The minimum atomic E-state index is 0.624. The molecule has 0 bridgehead atoms. The van der Waals surface area contributed by atoms with Gasteiger partial charge in [-0.15, -0.1) is 0 Å². The number of nitrogens with one attached hydrogen (secondary N) is 1. The van der Waals surface area contributed by atoms with Crippen LogP contribution in [0.25, 0.3) is 5.78 Å². The molecule has 5 nitrogen and oxygen atoms in total. The lowest BCUT2D eigenvalue weighted by Crippen LogP contribution is -2.29. The number of hydrogen-bond acceptors (Lipinski definition) is 4. The monoisotopic (exact) mass is 259 g/mol. The Balaban J connectivity index is 1.80. The zero-order valence-electron chi connectivity index (χ0n) is 11.8. The third-order valence-electron chi connectivity index (χ3n) is 3.88. The molecule has 3 heterocycles. The summed E-state index contributed by atoms with van der Waals surface area (Å²) in [7, 11) is 2.04. The SMILES string of the molecule is CNC1CCN(Cc2cn3c(C)cc(C)nc3n2)C1. The van der Waals surface area contributed by atoms with Crippen LogP contribution in [0.5, 0.6) is 0 Å². The average Bonchev–Trinajstić information content (AvgIpc) is 2.96. The molecule has 1 N–H and O–H groups in total. The molecular weight excluding hydrogens is 238 g/mol. The van der Waals surface area contributed by atoms with E-state index in [1.165, 1.54) is 12.1 Å². The van der Waals surface area contributed by atoms with Gasteiger partial charge in [0.05, 0.1) is 5.69 Å². The summed E-state index contributed by atoms with van der Waals surface area (Å²) in [6.45, 7) is 7.28. The van der Waals surface area contributed by atoms with Crippen molar-refractivity contribution in [2.45, 2.75) is 32.9 Å². The minimum Gasteiger partial charge on any atom is -0.316 e. The topological polar surface area (TPSA) is 45.5 Å². The minimum absolute atomic E-state index is 0.624. The predicted molar refractivity (Wildman–Crippen MR) is 75.2 cm³/mol. The molecule has 1 aliphatic heterocycles. The van der Waals surface area contributed by atoms with E-state index in [9.17, 15) is 0 Å². The van der Waals surface area contributed by atoms with Gasteiger partial charge in [-0.2, -0.15) is 0 Å². The Labute approximate surface area is 113 Å². The lowest BCUT2D eigenvalue weighted by molar-refractivity contribution is 0.319. The van der Waals surface area contributed by atoms with Crippen LogP contribution in [0.3, 0.4) is 0 Å². The third kappa shape index (κ3) is 2.48. The maximum atomic E-state index is 4.64. The van der Waals surface area contributed by atoms with Crippen LogP contribution in [0, 0.1) is 13.8 Å². The van der Waals surface area contributed by atoms with Crippen LogP contribution in [0.1, 0.15) is 23.5 Å². The van der Waals surface area contributed by atoms with Crippen molar-refractivity contribution in [2.24, 2.45) is 0 Å². The summed E-state index contributed by atoms with van der Waals surface area (Å²) >= 11 is 0. The molecule has 1 atom stereocenters. The zero-order chi connectivity index (χ0) is 13.4. The molecule has 102 valence electrons. The van der Waals surface area contributed by atoms with E-state index in [1.807, 2.05) is 14.0 Å². The molecule has 0 amide bonds. The van der Waals surface area contributed by atoms with Gasteiger partial charge in [-0.05, 0) is 33.4 Å². The van der Waals surface area contributed by atoms with Crippen molar-refractivity contribution >= 4 is 5.78 Å². The highest BCUT2D eigenvalue weighted by molar-refractivity contribution is 5.34. The molecule has 19 heavy (non-hydrogen) atoms. The number of likely N-dealkylation sites (N-methyl/N-ethyl adjacent to an activating group) is 1. The van der Waals surface area contributed by atoms with Gasteiger partial charge in [0.15, 0.2) is 0 Å². The summed E-state index contributed by atoms with van der Waals surface area (Å²) in [5.41, 5.74) is 3.33. The summed E-state index contributed by atoms with van der Waals surface area (Å²) in [5, 5.41) is 3.34. The fourth-order valence-corrected chi connectivity index (χ4v) is 2.84. The fraction of sp³-hybridized carbons (Fsp3) is 0.571. The molecule has 1 unspecified atom stereocenters. The van der Waals surface area contributed by atoms with Gasteiger partial charge in [0, 0.05) is 43.3 Å². The maximum Gasteiger partial charge on any atom is 0.234 e. The number of imidazole rings is 1. The Kier molecular flexibility index (Phi) is 3.24. The maximum absolute atomic E-state index is 4.64. The van der Waals surface area contributed by atoms with E-state index in [2.05, 4.69) is 43.8 Å². The first kappa shape index (κ1) is 12.6. The van der Waals surface area contributed by atoms with E-state index in [4.69, 9.17) is 0 Å². The lowest BCUT2D eigenvalue weighted by atomic mass is 10.3. The van der Waals surface area contributed by atoms with Crippen molar-refractivity contribution < 1.29 is 0 Å². The number of fused-ring (bicyclic) bond motifs is 1. The second-order valence-electron chi connectivity index (χ2n) is 5.45. The van der Waals surface area contributed by atoms with Crippen LogP contribution in [-0.4, -0.2) is 45.4 Å². The number of hydrogen-bond donors (Lipinski definition) is 1. The van der Waals surface area contributed by atoms with Crippen LogP contribution in [-0.2, 0) is 6.54 Å². The van der Waals surface area contributed by atoms with Crippen LogP contribution >= 0.6 is 0 Å². The quantitative estimate of drug-likeness (QED) is 0.898. The molecule has 0 spiro atoms. The number of aryl methyl sites for hydroxylation is 2. The molecule has 1 fully saturated rings. The van der Waals surface area contributed by atoms with Gasteiger partial charge >= 0.3 is 0 Å². The van der Waals surface area contributed by atoms with E-state index < -0.39 is 0 Å². The van der Waals surface area contributed by atoms with Crippen LogP contribution in [0.4, 0.5) is 0 Å². The highest BCUT2D eigenvalue weighted by Crippen LogP contribution is 2.14. The van der Waals surface area contributed by atoms with Crippen molar-refractivity contribution in [1.82, 2.24) is 24.6 Å². The largest absolute Gasteiger partial charge is 0.316 e. The number of nitrogens with zero attached hydrogens (tertiary/aromatic N) is 4. The Morgan fingerprint density at radius 1 is 1.37 bits per heavy atom. The summed E-state index contributed by atoms with van der Waals surface area (Å²) in [6, 6.07) is 2.71. The van der Waals surface area contributed by atoms with Crippen molar-refractivity contribution in [2.75, 3.05) is 20.1 Å². The van der Waals surface area contributed by atoms with E-state index >= 15 is 0 Å². The average molecular weight is 259 g/mol. The van der Waals surface area contributed by atoms with Crippen molar-refractivity contribution in [3.05, 3.63) is 29.3 Å². The fourth-order valence-electron chi connectivity index (χ4n) is 2.84. The molecule has 3 rings (SSSR count). The van der Waals surface area contributed by atoms with E-state index in [-0.39, 0.29) is 0 Å². The van der Waals surface area contributed by atoms with E-state index in [0.29, 0.717) is 6.04 Å². The number of rotatable bonds is 3. The highest BCUT2D eigenvalue weighted by atomic mass is 15.2. The van der Waals surface area contributed by atoms with Gasteiger partial charge in [0.2, 0.25) is 5.78 Å². The molecule has 2 aromatic heterocycles. The molecule has 0 aromatic carbocycles. The second-order valence-corrected chi connectivity index (χ2v) is 5.45. The van der Waals surface area contributed by atoms with Crippen molar-refractivity contribution in [1.29, 1.82) is 0 Å². The summed E-state index contributed by atoms with van der Waals surface area (Å²) < 4.78 is 2.08. The zero-order valence-corrected chi connectivity index (χ0v) is 11.8. The first-order valence-corrected chi connectivity index (χ1v) is 6.87. The first-order chi connectivity index (χ1) is 9.15. The Morgan fingerprint density at radius 2 is 2.21 bits per heavy atom. The van der Waals surface area contributed by atoms with Crippen LogP contribution in [0.15, 0.2) is 12.3 Å². The second kappa shape index (κ2) is 4.90. The molecular formula is C14H21N5. The molecule has 1 aliphatic rings. The van der Waals surface area contributed by atoms with Gasteiger partial charge in [-0.1, -0.05) is 0 Å². The van der Waals surface area contributed by atoms with Crippen LogP contribution in [0.2, 0.25) is 0 Å². The Morgan fingerprint density at radius 3 is 2.95 bits per heavy atom. The third-order valence-corrected chi connectivity index (χ3v) is 3.88. The van der Waals surface area contributed by atoms with Gasteiger partial charge in [-0.3, -0.25) is 9.30 Å². The number of aromatic nitrogens is 3. The van der Waals surface area contributed by atoms with E-state index in [0.717, 1.165) is 36.8 Å². The lowest BCUT2D eigenvalue weighted by Gasteiger charge is -2.13. The molecule has 0 aliphatic carbocycles. The first-order valence-electron chi connectivity index (χ1n) is 6.87. The Bertz CT molecular complexity index is 589. The molecule has 1 saturated heterocycles. The molecule has 5 heteroatoms. The van der Waals surface area contributed by atoms with E-state index in [1.54, 1.807) is 0 Å². The van der Waals surface area contributed by atoms with Gasteiger partial charge in [0.1, 0.15) is 0 Å². The van der Waals surface area contributed by atoms with Gasteiger partial charge < -0.3 is 5.32 Å². The molecule has 0 saturated carbocycles. The summed E-state index contributed by atoms with van der Waals surface area (Å²) in [4.78, 5) is 11.6. The highest BCUT2D eigenvalue weighted by Gasteiger charge is 2.21. The van der Waals surface area contributed by atoms with Gasteiger partial charge in [-0.25, -0.2) is 9.97 Å². The molecule has 2 aromatic rings. The smallest absolute Gasteiger partial charge is 0.234 e. The predicted octanol–water partition coefficient (Wildman–Crippen LogP) is 1.14. The molecule has 0 radical (unpaired) electrons. The Hall–Kier alpha value is -1.46. The number of likely N-dealkylation sites (tertiary alicyclic amines) is 1. The summed E-state index contributed by atoms with van der Waals surface area (Å²) in [6.07, 6.45) is 3.34. The standard InChI is InChI=1S/C14H21N5/c1-10-6-11(2)19-9-13(17-14(19)16-10)8-18-5-4-12(7-18)15-3/h6,9,12,15H,4-5,7-8H2,1-3H3. The normalized spacial score (nSPS) is 20.5. The van der Waals surface area contributed by atoms with Crippen molar-refractivity contribution in [3.63, 3.8) is 0 Å².